The summed E-state index contributed by atoms with van der Waals surface area (Å²) in [6, 6.07) is 10.8. The molecule has 0 aromatic heterocycles. The highest BCUT2D eigenvalue weighted by atomic mass is 16.6. The number of nitro groups is 1. The molecule has 0 bridgehead atoms. The molecule has 2 aromatic carbocycles. The van der Waals surface area contributed by atoms with Crippen molar-refractivity contribution in [2.45, 2.75) is 20.8 Å². The smallest absolute Gasteiger partial charge is 0.334 e. The summed E-state index contributed by atoms with van der Waals surface area (Å²) < 4.78 is 5.76. The van der Waals surface area contributed by atoms with Crippen molar-refractivity contribution in [3.63, 3.8) is 0 Å². The quantitative estimate of drug-likeness (QED) is 0.652. The van der Waals surface area contributed by atoms with Crippen LogP contribution < -0.4 is 10.1 Å². The third-order valence-electron chi connectivity index (χ3n) is 3.10. The Morgan fingerprint density at radius 2 is 1.95 bits per heavy atom. The van der Waals surface area contributed by atoms with Crippen LogP contribution in [0.1, 0.15) is 18.1 Å². The van der Waals surface area contributed by atoms with Crippen LogP contribution in [0.25, 0.3) is 0 Å². The van der Waals surface area contributed by atoms with Crippen LogP contribution in [0, 0.1) is 24.0 Å². The first-order valence-electron chi connectivity index (χ1n) is 6.79. The first kappa shape index (κ1) is 14.8. The average Bonchev–Trinajstić information content (AvgIpc) is 2.42. The lowest BCUT2D eigenvalue weighted by molar-refractivity contribution is -0.384. The largest absolute Gasteiger partial charge is 0.450 e. The second-order valence-electron chi connectivity index (χ2n) is 4.81. The minimum Gasteiger partial charge on any atom is -0.450 e. The minimum absolute atomic E-state index is 0.0423. The molecule has 0 amide bonds. The van der Waals surface area contributed by atoms with Crippen LogP contribution >= 0.6 is 0 Å². The van der Waals surface area contributed by atoms with E-state index in [0.717, 1.165) is 11.1 Å². The Morgan fingerprint density at radius 1 is 1.19 bits per heavy atom. The fourth-order valence-electron chi connectivity index (χ4n) is 2.16. The predicted molar refractivity (Wildman–Crippen MR) is 83.3 cm³/mol. The summed E-state index contributed by atoms with van der Waals surface area (Å²) in [5.41, 5.74) is 2.48. The van der Waals surface area contributed by atoms with E-state index in [1.165, 1.54) is 0 Å². The third-order valence-corrected chi connectivity index (χ3v) is 3.10. The number of nitrogens with one attached hydrogen (secondary N) is 1. The van der Waals surface area contributed by atoms with E-state index in [4.69, 9.17) is 4.74 Å². The zero-order valence-electron chi connectivity index (χ0n) is 12.3. The van der Waals surface area contributed by atoms with E-state index in [-0.39, 0.29) is 11.4 Å². The molecule has 0 aliphatic rings. The van der Waals surface area contributed by atoms with Gasteiger partial charge in [0.1, 0.15) is 11.4 Å². The number of nitro benzene ring substituents is 1. The predicted octanol–water partition coefficient (Wildman–Crippen LogP) is 4.44. The summed E-state index contributed by atoms with van der Waals surface area (Å²) in [6.45, 7) is 6.41. The Balaban J connectivity index is 2.43. The van der Waals surface area contributed by atoms with Gasteiger partial charge in [-0.05, 0) is 44.5 Å². The molecule has 21 heavy (non-hydrogen) atoms. The van der Waals surface area contributed by atoms with Crippen LogP contribution in [0.2, 0.25) is 0 Å². The first-order chi connectivity index (χ1) is 10.0. The summed E-state index contributed by atoms with van der Waals surface area (Å²) in [5.74, 6) is 0.864. The van der Waals surface area contributed by atoms with Gasteiger partial charge >= 0.3 is 5.69 Å². The molecule has 2 aromatic rings. The first-order valence-corrected chi connectivity index (χ1v) is 6.79. The van der Waals surface area contributed by atoms with Gasteiger partial charge < -0.3 is 10.1 Å². The van der Waals surface area contributed by atoms with Crippen molar-refractivity contribution in [1.82, 2.24) is 0 Å². The van der Waals surface area contributed by atoms with Crippen molar-refractivity contribution in [3.05, 3.63) is 57.6 Å². The minimum atomic E-state index is -0.420. The number of ether oxygens (including phenoxy) is 1. The zero-order chi connectivity index (χ0) is 15.4. The second-order valence-corrected chi connectivity index (χ2v) is 4.81. The van der Waals surface area contributed by atoms with Crippen molar-refractivity contribution in [2.75, 3.05) is 11.9 Å². The summed E-state index contributed by atoms with van der Waals surface area (Å²) in [4.78, 5) is 10.9. The molecular weight excluding hydrogens is 268 g/mol. The lowest BCUT2D eigenvalue weighted by Crippen LogP contribution is -2.02. The Hall–Kier alpha value is -2.56. The lowest BCUT2D eigenvalue weighted by Gasteiger charge is -2.12. The van der Waals surface area contributed by atoms with Gasteiger partial charge in [0.2, 0.25) is 5.75 Å². The van der Waals surface area contributed by atoms with Crippen molar-refractivity contribution in [1.29, 1.82) is 0 Å². The van der Waals surface area contributed by atoms with Crippen molar-refractivity contribution < 1.29 is 9.66 Å². The average molecular weight is 286 g/mol. The summed E-state index contributed by atoms with van der Waals surface area (Å²) in [7, 11) is 0. The highest BCUT2D eigenvalue weighted by Crippen LogP contribution is 2.38. The molecule has 0 fully saturated rings. The van der Waals surface area contributed by atoms with E-state index in [2.05, 4.69) is 5.32 Å². The molecule has 0 radical (unpaired) electrons. The summed E-state index contributed by atoms with van der Waals surface area (Å²) in [5, 5.41) is 14.3. The third kappa shape index (κ3) is 3.31. The zero-order valence-corrected chi connectivity index (χ0v) is 12.3. The van der Waals surface area contributed by atoms with Gasteiger partial charge in [0.05, 0.1) is 4.92 Å². The summed E-state index contributed by atoms with van der Waals surface area (Å²) >= 11 is 0. The molecule has 1 N–H and O–H groups in total. The fourth-order valence-corrected chi connectivity index (χ4v) is 2.16. The molecule has 5 heteroatoms. The van der Waals surface area contributed by atoms with E-state index in [0.29, 0.717) is 18.0 Å². The topological polar surface area (TPSA) is 64.4 Å². The Kier molecular flexibility index (Phi) is 4.42. The van der Waals surface area contributed by atoms with Gasteiger partial charge in [-0.3, -0.25) is 10.1 Å². The molecule has 2 rings (SSSR count). The number of hydrogen-bond acceptors (Lipinski definition) is 4. The number of benzene rings is 2. The molecule has 0 unspecified atom stereocenters. The van der Waals surface area contributed by atoms with Gasteiger partial charge in [0.15, 0.2) is 0 Å². The maximum absolute atomic E-state index is 11.3. The van der Waals surface area contributed by atoms with Crippen LogP contribution in [-0.4, -0.2) is 11.5 Å². The van der Waals surface area contributed by atoms with Gasteiger partial charge in [-0.25, -0.2) is 0 Å². The van der Waals surface area contributed by atoms with Gasteiger partial charge in [-0.1, -0.05) is 23.8 Å². The molecule has 0 spiro atoms. The van der Waals surface area contributed by atoms with Crippen LogP contribution in [0.15, 0.2) is 36.4 Å². The summed E-state index contributed by atoms with van der Waals surface area (Å²) in [6.07, 6.45) is 0. The van der Waals surface area contributed by atoms with Crippen molar-refractivity contribution in [2.24, 2.45) is 0 Å². The number of aryl methyl sites for hydroxylation is 2. The van der Waals surface area contributed by atoms with Gasteiger partial charge in [0.25, 0.3) is 0 Å². The van der Waals surface area contributed by atoms with Crippen LogP contribution in [0.3, 0.4) is 0 Å². The van der Waals surface area contributed by atoms with Crippen molar-refractivity contribution >= 4 is 11.4 Å². The Morgan fingerprint density at radius 3 is 2.57 bits per heavy atom. The maximum Gasteiger partial charge on any atom is 0.334 e. The molecule has 0 saturated heterocycles. The molecule has 0 heterocycles. The number of nitrogens with zero attached hydrogens (tertiary/aromatic N) is 1. The SMILES string of the molecule is CCNc1cccc(Oc2ccc(C)cc2C)c1[N+](=O)[O-]. The van der Waals surface area contributed by atoms with Gasteiger partial charge in [0, 0.05) is 6.54 Å². The van der Waals surface area contributed by atoms with E-state index in [9.17, 15) is 10.1 Å². The highest BCUT2D eigenvalue weighted by Gasteiger charge is 2.21. The van der Waals surface area contributed by atoms with Gasteiger partial charge in [-0.2, -0.15) is 0 Å². The number of hydrogen-bond donors (Lipinski definition) is 1. The normalized spacial score (nSPS) is 10.2. The van der Waals surface area contributed by atoms with Crippen LogP contribution in [-0.2, 0) is 0 Å². The van der Waals surface area contributed by atoms with Crippen LogP contribution in [0.4, 0.5) is 11.4 Å². The number of para-hydroxylation sites is 1. The van der Waals surface area contributed by atoms with E-state index in [1.807, 2.05) is 39.0 Å². The molecule has 0 saturated carbocycles. The van der Waals surface area contributed by atoms with E-state index >= 15 is 0 Å². The second kappa shape index (κ2) is 6.26. The van der Waals surface area contributed by atoms with E-state index < -0.39 is 4.92 Å². The maximum atomic E-state index is 11.3. The fraction of sp³-hybridized carbons (Fsp3) is 0.250. The monoisotopic (exact) mass is 286 g/mol. The molecule has 5 nitrogen and oxygen atoms in total. The Labute approximate surface area is 123 Å². The molecular formula is C16H18N2O3. The molecule has 0 aliphatic carbocycles. The van der Waals surface area contributed by atoms with Crippen molar-refractivity contribution in [3.8, 4) is 11.5 Å². The van der Waals surface area contributed by atoms with Crippen LogP contribution in [0.5, 0.6) is 11.5 Å². The number of rotatable bonds is 5. The highest BCUT2D eigenvalue weighted by molar-refractivity contribution is 5.69. The standard InChI is InChI=1S/C16H18N2O3/c1-4-17-13-6-5-7-15(16(13)18(19)20)21-14-9-8-11(2)10-12(14)3/h5-10,17H,4H2,1-3H3. The van der Waals surface area contributed by atoms with E-state index in [1.54, 1.807) is 18.2 Å². The number of anilines is 1. The Bertz CT molecular complexity index is 669. The molecule has 110 valence electrons. The lowest BCUT2D eigenvalue weighted by atomic mass is 10.1. The molecule has 0 atom stereocenters. The van der Waals surface area contributed by atoms with Gasteiger partial charge in [-0.15, -0.1) is 0 Å². The molecule has 0 aliphatic heterocycles.